The number of hydrogen-bond donors (Lipinski definition) is 2. The Balaban J connectivity index is 2.94. The van der Waals surface area contributed by atoms with Gasteiger partial charge in [-0.15, -0.1) is 0 Å². The largest absolute Gasteiger partial charge is 0.399 e. The van der Waals surface area contributed by atoms with E-state index in [1.807, 2.05) is 0 Å². The Morgan fingerprint density at radius 1 is 1.24 bits per heavy atom. The fourth-order valence-electron chi connectivity index (χ4n) is 1.23. The lowest BCUT2D eigenvalue weighted by molar-refractivity contribution is 0.0826. The number of aliphatic hydroxyl groups is 1. The normalized spacial score (nSPS) is 14.6. The van der Waals surface area contributed by atoms with Crippen molar-refractivity contribution in [3.8, 4) is 0 Å². The topological polar surface area (TPSA) is 80.4 Å². The molecule has 0 aliphatic heterocycles. The summed E-state index contributed by atoms with van der Waals surface area (Å²) in [6.07, 6.45) is -0.898. The molecule has 17 heavy (non-hydrogen) atoms. The van der Waals surface area contributed by atoms with Gasteiger partial charge in [-0.05, 0) is 29.7 Å². The molecule has 4 nitrogen and oxygen atoms in total. The van der Waals surface area contributed by atoms with Crippen LogP contribution in [0.3, 0.4) is 0 Å². The molecule has 1 unspecified atom stereocenters. The SMILES string of the molecule is CC(C)(C)C(O)CS(=O)(=O)c1ccc(N)cc1. The summed E-state index contributed by atoms with van der Waals surface area (Å²) in [6.45, 7) is 5.41. The number of benzene rings is 1. The first kappa shape index (κ1) is 14.0. The minimum atomic E-state index is -3.46. The van der Waals surface area contributed by atoms with Crippen molar-refractivity contribution in [3.05, 3.63) is 24.3 Å². The molecule has 0 saturated heterocycles. The Kier molecular flexibility index (Phi) is 3.84. The summed E-state index contributed by atoms with van der Waals surface area (Å²) in [7, 11) is -3.46. The molecule has 96 valence electrons. The monoisotopic (exact) mass is 257 g/mol. The van der Waals surface area contributed by atoms with E-state index in [0.29, 0.717) is 5.69 Å². The van der Waals surface area contributed by atoms with Crippen molar-refractivity contribution in [2.45, 2.75) is 31.8 Å². The lowest BCUT2D eigenvalue weighted by Gasteiger charge is -2.25. The van der Waals surface area contributed by atoms with Crippen LogP contribution in [0.2, 0.25) is 0 Å². The molecule has 0 heterocycles. The Hall–Kier alpha value is -1.07. The zero-order valence-corrected chi connectivity index (χ0v) is 11.2. The van der Waals surface area contributed by atoms with E-state index in [-0.39, 0.29) is 10.6 Å². The molecule has 0 fully saturated rings. The number of anilines is 1. The first-order valence-corrected chi connectivity index (χ1v) is 7.04. The maximum Gasteiger partial charge on any atom is 0.180 e. The van der Waals surface area contributed by atoms with Gasteiger partial charge in [0.2, 0.25) is 0 Å². The van der Waals surface area contributed by atoms with E-state index >= 15 is 0 Å². The molecule has 5 heteroatoms. The van der Waals surface area contributed by atoms with Crippen molar-refractivity contribution < 1.29 is 13.5 Å². The molecule has 0 radical (unpaired) electrons. The highest BCUT2D eigenvalue weighted by molar-refractivity contribution is 7.91. The summed E-state index contributed by atoms with van der Waals surface area (Å²) < 4.78 is 24.0. The summed E-state index contributed by atoms with van der Waals surface area (Å²) >= 11 is 0. The van der Waals surface area contributed by atoms with E-state index in [2.05, 4.69) is 0 Å². The maximum atomic E-state index is 12.0. The number of nitrogen functional groups attached to an aromatic ring is 1. The summed E-state index contributed by atoms with van der Waals surface area (Å²) in [4.78, 5) is 0.190. The molecule has 3 N–H and O–H groups in total. The van der Waals surface area contributed by atoms with Gasteiger partial charge in [0.05, 0.1) is 16.8 Å². The third-order valence-corrected chi connectivity index (χ3v) is 4.36. The molecule has 0 aromatic heterocycles. The van der Waals surface area contributed by atoms with Gasteiger partial charge >= 0.3 is 0 Å². The van der Waals surface area contributed by atoms with Gasteiger partial charge in [0.15, 0.2) is 9.84 Å². The Bertz CT molecular complexity index is 471. The third kappa shape index (κ3) is 3.71. The standard InChI is InChI=1S/C12H19NO3S/c1-12(2,3)11(14)8-17(15,16)10-6-4-9(13)5-7-10/h4-7,11,14H,8,13H2,1-3H3. The summed E-state index contributed by atoms with van der Waals surface area (Å²) in [5, 5.41) is 9.83. The first-order chi connectivity index (χ1) is 7.63. The van der Waals surface area contributed by atoms with E-state index in [1.54, 1.807) is 20.8 Å². The van der Waals surface area contributed by atoms with E-state index < -0.39 is 21.4 Å². The molecular weight excluding hydrogens is 238 g/mol. The zero-order chi connectivity index (χ0) is 13.3. The van der Waals surface area contributed by atoms with E-state index in [0.717, 1.165) is 0 Å². The molecule has 0 saturated carbocycles. The van der Waals surface area contributed by atoms with Crippen molar-refractivity contribution in [1.82, 2.24) is 0 Å². The van der Waals surface area contributed by atoms with Gasteiger partial charge in [-0.25, -0.2) is 8.42 Å². The minimum absolute atomic E-state index is 0.190. The molecule has 1 atom stereocenters. The van der Waals surface area contributed by atoms with Gasteiger partial charge in [0.1, 0.15) is 0 Å². The summed E-state index contributed by atoms with van der Waals surface area (Å²) in [6, 6.07) is 5.99. The van der Waals surface area contributed by atoms with Crippen LogP contribution in [0.5, 0.6) is 0 Å². The van der Waals surface area contributed by atoms with Crippen LogP contribution >= 0.6 is 0 Å². The predicted molar refractivity (Wildman–Crippen MR) is 68.4 cm³/mol. The van der Waals surface area contributed by atoms with Crippen LogP contribution < -0.4 is 5.73 Å². The molecule has 0 spiro atoms. The number of aliphatic hydroxyl groups excluding tert-OH is 1. The van der Waals surface area contributed by atoms with Crippen LogP contribution in [-0.2, 0) is 9.84 Å². The van der Waals surface area contributed by atoms with Crippen LogP contribution in [-0.4, -0.2) is 25.4 Å². The average molecular weight is 257 g/mol. The van der Waals surface area contributed by atoms with Crippen molar-refractivity contribution >= 4 is 15.5 Å². The van der Waals surface area contributed by atoms with Crippen LogP contribution in [0.25, 0.3) is 0 Å². The Morgan fingerprint density at radius 3 is 2.12 bits per heavy atom. The van der Waals surface area contributed by atoms with E-state index in [4.69, 9.17) is 5.73 Å². The van der Waals surface area contributed by atoms with Crippen LogP contribution in [0.15, 0.2) is 29.2 Å². The summed E-state index contributed by atoms with van der Waals surface area (Å²) in [5.74, 6) is -0.277. The van der Waals surface area contributed by atoms with Gasteiger partial charge in [0.25, 0.3) is 0 Å². The minimum Gasteiger partial charge on any atom is -0.399 e. The number of hydrogen-bond acceptors (Lipinski definition) is 4. The van der Waals surface area contributed by atoms with Crippen LogP contribution in [0.4, 0.5) is 5.69 Å². The molecule has 0 aliphatic carbocycles. The average Bonchev–Trinajstić information content (AvgIpc) is 2.16. The fraction of sp³-hybridized carbons (Fsp3) is 0.500. The Morgan fingerprint density at radius 2 is 1.71 bits per heavy atom. The third-order valence-electron chi connectivity index (χ3n) is 2.62. The fourth-order valence-corrected chi connectivity index (χ4v) is 2.89. The zero-order valence-electron chi connectivity index (χ0n) is 10.3. The van der Waals surface area contributed by atoms with Gasteiger partial charge in [0, 0.05) is 5.69 Å². The molecule has 0 bridgehead atoms. The second-order valence-electron chi connectivity index (χ2n) is 5.23. The Labute approximate surface area is 102 Å². The molecule has 1 rings (SSSR count). The lowest BCUT2D eigenvalue weighted by Crippen LogP contribution is -2.33. The number of nitrogens with two attached hydrogens (primary N) is 1. The molecular formula is C12H19NO3S. The van der Waals surface area contributed by atoms with Gasteiger partial charge in [-0.3, -0.25) is 0 Å². The van der Waals surface area contributed by atoms with Crippen molar-refractivity contribution in [2.75, 3.05) is 11.5 Å². The second kappa shape index (κ2) is 4.66. The molecule has 1 aromatic rings. The molecule has 1 aromatic carbocycles. The quantitative estimate of drug-likeness (QED) is 0.803. The van der Waals surface area contributed by atoms with Crippen molar-refractivity contribution in [1.29, 1.82) is 0 Å². The number of sulfone groups is 1. The number of rotatable bonds is 3. The molecule has 0 amide bonds. The smallest absolute Gasteiger partial charge is 0.180 e. The van der Waals surface area contributed by atoms with Gasteiger partial charge < -0.3 is 10.8 Å². The summed E-state index contributed by atoms with van der Waals surface area (Å²) in [5.41, 5.74) is 5.55. The van der Waals surface area contributed by atoms with Crippen LogP contribution in [0, 0.1) is 5.41 Å². The van der Waals surface area contributed by atoms with Gasteiger partial charge in [-0.1, -0.05) is 20.8 Å². The second-order valence-corrected chi connectivity index (χ2v) is 7.27. The van der Waals surface area contributed by atoms with E-state index in [9.17, 15) is 13.5 Å². The van der Waals surface area contributed by atoms with E-state index in [1.165, 1.54) is 24.3 Å². The van der Waals surface area contributed by atoms with Crippen LogP contribution in [0.1, 0.15) is 20.8 Å². The first-order valence-electron chi connectivity index (χ1n) is 5.39. The van der Waals surface area contributed by atoms with Gasteiger partial charge in [-0.2, -0.15) is 0 Å². The highest BCUT2D eigenvalue weighted by Gasteiger charge is 2.28. The van der Waals surface area contributed by atoms with Crippen molar-refractivity contribution in [3.63, 3.8) is 0 Å². The maximum absolute atomic E-state index is 12.0. The highest BCUT2D eigenvalue weighted by Crippen LogP contribution is 2.23. The molecule has 0 aliphatic rings. The highest BCUT2D eigenvalue weighted by atomic mass is 32.2. The predicted octanol–water partition coefficient (Wildman–Crippen LogP) is 1.45. The lowest BCUT2D eigenvalue weighted by atomic mass is 9.90. The van der Waals surface area contributed by atoms with Crippen molar-refractivity contribution in [2.24, 2.45) is 5.41 Å².